The number of piperazine rings is 1. The number of amides is 1. The molecule has 0 bridgehead atoms. The molecule has 35 heavy (non-hydrogen) atoms. The summed E-state index contributed by atoms with van der Waals surface area (Å²) in [6.07, 6.45) is 6.14. The third-order valence-corrected chi connectivity index (χ3v) is 9.61. The monoisotopic (exact) mass is 497 g/mol. The maximum Gasteiger partial charge on any atom is 0.253 e. The van der Waals surface area contributed by atoms with Crippen molar-refractivity contribution in [1.29, 1.82) is 0 Å². The molecule has 2 aromatic carbocycles. The van der Waals surface area contributed by atoms with Crippen LogP contribution in [-0.4, -0.2) is 74.3 Å². The summed E-state index contributed by atoms with van der Waals surface area (Å²) in [5.74, 6) is 0.965. The molecule has 1 amide bonds. The minimum atomic E-state index is -3.55. The molecule has 188 valence electrons. The molecule has 1 saturated carbocycles. The van der Waals surface area contributed by atoms with E-state index in [1.807, 2.05) is 4.90 Å². The number of hydrogen-bond acceptors (Lipinski definition) is 5. The molecule has 3 aliphatic rings. The normalized spacial score (nSPS) is 19.5. The molecule has 2 heterocycles. The molecule has 2 aromatic rings. The van der Waals surface area contributed by atoms with Gasteiger partial charge in [-0.2, -0.15) is 4.31 Å². The van der Waals surface area contributed by atoms with Crippen molar-refractivity contribution < 1.29 is 17.9 Å². The van der Waals surface area contributed by atoms with Crippen molar-refractivity contribution in [1.82, 2.24) is 14.1 Å². The van der Waals surface area contributed by atoms with Gasteiger partial charge in [0.15, 0.2) is 0 Å². The van der Waals surface area contributed by atoms with Crippen LogP contribution in [-0.2, 0) is 23.0 Å². The topological polar surface area (TPSA) is 70.2 Å². The van der Waals surface area contributed by atoms with Crippen LogP contribution in [0, 0.1) is 0 Å². The first kappa shape index (κ1) is 24.3. The first-order chi connectivity index (χ1) is 16.9. The van der Waals surface area contributed by atoms with E-state index in [2.05, 4.69) is 23.1 Å². The van der Waals surface area contributed by atoms with Crippen LogP contribution in [0.5, 0.6) is 5.75 Å². The van der Waals surface area contributed by atoms with Crippen molar-refractivity contribution in [2.75, 3.05) is 39.8 Å². The number of carbonyl (C=O) groups is 1. The van der Waals surface area contributed by atoms with E-state index < -0.39 is 10.0 Å². The molecule has 1 aliphatic carbocycles. The fraction of sp³-hybridized carbons (Fsp3) is 0.519. The number of carbonyl (C=O) groups excluding carboxylic acids is 1. The third kappa shape index (κ3) is 5.25. The Morgan fingerprint density at radius 2 is 1.71 bits per heavy atom. The fourth-order valence-electron chi connectivity index (χ4n) is 5.46. The van der Waals surface area contributed by atoms with Gasteiger partial charge in [-0.25, -0.2) is 8.42 Å². The predicted molar refractivity (Wildman–Crippen MR) is 135 cm³/mol. The van der Waals surface area contributed by atoms with Crippen LogP contribution in [0.4, 0.5) is 0 Å². The van der Waals surface area contributed by atoms with E-state index in [4.69, 9.17) is 4.74 Å². The zero-order chi connectivity index (χ0) is 24.4. The van der Waals surface area contributed by atoms with E-state index in [1.165, 1.54) is 21.9 Å². The molecule has 0 unspecified atom stereocenters. The summed E-state index contributed by atoms with van der Waals surface area (Å²) in [5, 5.41) is 0. The van der Waals surface area contributed by atoms with E-state index in [1.54, 1.807) is 31.3 Å². The summed E-state index contributed by atoms with van der Waals surface area (Å²) >= 11 is 0. The highest BCUT2D eigenvalue weighted by Gasteiger charge is 2.29. The Labute approximate surface area is 208 Å². The van der Waals surface area contributed by atoms with Crippen molar-refractivity contribution in [3.8, 4) is 5.75 Å². The summed E-state index contributed by atoms with van der Waals surface area (Å²) in [6.45, 7) is 4.60. The number of hydrogen-bond donors (Lipinski definition) is 0. The number of rotatable bonds is 6. The lowest BCUT2D eigenvalue weighted by molar-refractivity contribution is 0.0628. The second kappa shape index (κ2) is 10.3. The van der Waals surface area contributed by atoms with E-state index in [0.717, 1.165) is 64.1 Å². The smallest absolute Gasteiger partial charge is 0.253 e. The van der Waals surface area contributed by atoms with Crippen molar-refractivity contribution in [2.45, 2.75) is 56.0 Å². The van der Waals surface area contributed by atoms with Crippen LogP contribution >= 0.6 is 0 Å². The van der Waals surface area contributed by atoms with Crippen molar-refractivity contribution in [3.05, 3.63) is 59.2 Å². The summed E-state index contributed by atoms with van der Waals surface area (Å²) < 4.78 is 33.3. The molecule has 0 radical (unpaired) electrons. The van der Waals surface area contributed by atoms with Crippen molar-refractivity contribution >= 4 is 15.9 Å². The molecule has 7 nitrogen and oxygen atoms in total. The quantitative estimate of drug-likeness (QED) is 0.611. The van der Waals surface area contributed by atoms with Gasteiger partial charge < -0.3 is 9.64 Å². The van der Waals surface area contributed by atoms with Crippen LogP contribution in [0.3, 0.4) is 0 Å². The molecule has 0 N–H and O–H groups in total. The van der Waals surface area contributed by atoms with Gasteiger partial charge in [-0.15, -0.1) is 0 Å². The lowest BCUT2D eigenvalue weighted by Crippen LogP contribution is -2.48. The minimum absolute atomic E-state index is 0.0380. The van der Waals surface area contributed by atoms with Gasteiger partial charge in [0.05, 0.1) is 11.5 Å². The standard InChI is InChI=1S/C27H35N3O4S/c1-28(24-5-3-2-4-6-24)35(32,33)25-10-8-22(9-11-25)27(31)30-16-14-29(15-17-30)20-21-7-12-26-23(19-21)13-18-34-26/h7-12,19,24H,2-6,13-18,20H2,1H3. The SMILES string of the molecule is CN(C1CCCCC1)S(=O)(=O)c1ccc(C(=O)N2CCN(Cc3ccc4c(c3)CCO4)CC2)cc1. The first-order valence-corrected chi connectivity index (χ1v) is 14.2. The van der Waals surface area contributed by atoms with Crippen molar-refractivity contribution in [3.63, 3.8) is 0 Å². The Balaban J connectivity index is 1.16. The van der Waals surface area contributed by atoms with Crippen molar-refractivity contribution in [2.24, 2.45) is 0 Å². The lowest BCUT2D eigenvalue weighted by atomic mass is 9.96. The van der Waals surface area contributed by atoms with Gasteiger partial charge in [-0.3, -0.25) is 9.69 Å². The van der Waals surface area contributed by atoms with Gasteiger partial charge in [0, 0.05) is 57.8 Å². The molecular weight excluding hydrogens is 462 g/mol. The van der Waals surface area contributed by atoms with Gasteiger partial charge in [0.1, 0.15) is 5.75 Å². The van der Waals surface area contributed by atoms with Crippen LogP contribution in [0.2, 0.25) is 0 Å². The molecule has 0 atom stereocenters. The lowest BCUT2D eigenvalue weighted by Gasteiger charge is -2.35. The maximum absolute atomic E-state index is 13.1. The number of nitrogens with zero attached hydrogens (tertiary/aromatic N) is 3. The molecule has 0 spiro atoms. The molecule has 2 aliphatic heterocycles. The first-order valence-electron chi connectivity index (χ1n) is 12.8. The molecule has 0 aromatic heterocycles. The highest BCUT2D eigenvalue weighted by Crippen LogP contribution is 2.28. The predicted octanol–water partition coefficient (Wildman–Crippen LogP) is 3.53. The molecule has 8 heteroatoms. The van der Waals surface area contributed by atoms with E-state index >= 15 is 0 Å². The van der Waals surface area contributed by atoms with Gasteiger partial charge in [0.25, 0.3) is 5.91 Å². The number of ether oxygens (including phenoxy) is 1. The maximum atomic E-state index is 13.1. The molecule has 1 saturated heterocycles. The van der Waals surface area contributed by atoms with Gasteiger partial charge in [-0.1, -0.05) is 31.4 Å². The Morgan fingerprint density at radius 1 is 1.00 bits per heavy atom. The Morgan fingerprint density at radius 3 is 2.43 bits per heavy atom. The molecule has 2 fully saturated rings. The zero-order valence-electron chi connectivity index (χ0n) is 20.5. The number of sulfonamides is 1. The second-order valence-corrected chi connectivity index (χ2v) is 11.9. The number of benzene rings is 2. The Kier molecular flexibility index (Phi) is 7.14. The minimum Gasteiger partial charge on any atom is -0.493 e. The van der Waals surface area contributed by atoms with Gasteiger partial charge in [0.2, 0.25) is 10.0 Å². The summed E-state index contributed by atoms with van der Waals surface area (Å²) in [5.41, 5.74) is 3.10. The van der Waals surface area contributed by atoms with Crippen LogP contribution in [0.15, 0.2) is 47.4 Å². The largest absolute Gasteiger partial charge is 0.493 e. The number of fused-ring (bicyclic) bond motifs is 1. The molecule has 5 rings (SSSR count). The highest BCUT2D eigenvalue weighted by atomic mass is 32.2. The van der Waals surface area contributed by atoms with Crippen LogP contribution < -0.4 is 4.74 Å². The third-order valence-electron chi connectivity index (χ3n) is 7.69. The van der Waals surface area contributed by atoms with Crippen LogP contribution in [0.1, 0.15) is 53.6 Å². The second-order valence-electron chi connectivity index (χ2n) is 9.95. The van der Waals surface area contributed by atoms with E-state index in [-0.39, 0.29) is 16.8 Å². The Hall–Kier alpha value is -2.42. The summed E-state index contributed by atoms with van der Waals surface area (Å²) in [4.78, 5) is 17.6. The average molecular weight is 498 g/mol. The zero-order valence-corrected chi connectivity index (χ0v) is 21.3. The highest BCUT2D eigenvalue weighted by molar-refractivity contribution is 7.89. The Bertz CT molecular complexity index is 1150. The van der Waals surface area contributed by atoms with Crippen LogP contribution in [0.25, 0.3) is 0 Å². The van der Waals surface area contributed by atoms with Gasteiger partial charge in [-0.05, 0) is 54.3 Å². The van der Waals surface area contributed by atoms with E-state index in [9.17, 15) is 13.2 Å². The average Bonchev–Trinajstić information content (AvgIpc) is 3.37. The molecular formula is C27H35N3O4S. The van der Waals surface area contributed by atoms with E-state index in [0.29, 0.717) is 18.7 Å². The summed E-state index contributed by atoms with van der Waals surface area (Å²) in [6, 6.07) is 13.0. The fourth-order valence-corrected chi connectivity index (χ4v) is 6.88. The van der Waals surface area contributed by atoms with Gasteiger partial charge >= 0.3 is 0 Å². The summed E-state index contributed by atoms with van der Waals surface area (Å²) in [7, 11) is -1.87.